The Balaban J connectivity index is 2.88. The summed E-state index contributed by atoms with van der Waals surface area (Å²) in [6, 6.07) is 9.68. The molecule has 0 amide bonds. The number of para-hydroxylation sites is 1. The quantitative estimate of drug-likeness (QED) is 0.598. The monoisotopic (exact) mass is 239 g/mol. The Morgan fingerprint density at radius 1 is 1.44 bits per heavy atom. The average molecular weight is 240 g/mol. The lowest BCUT2D eigenvalue weighted by Crippen LogP contribution is -2.17. The van der Waals surface area contributed by atoms with Gasteiger partial charge in [0.15, 0.2) is 0 Å². The molecule has 1 aromatic carbocycles. The highest BCUT2D eigenvalue weighted by Gasteiger charge is 2.08. The molecular weight excluding hydrogens is 226 g/mol. The van der Waals surface area contributed by atoms with Crippen LogP contribution in [0, 0.1) is 0 Å². The van der Waals surface area contributed by atoms with Gasteiger partial charge in [-0.15, -0.1) is 0 Å². The fraction of sp³-hybridized carbons (Fsp3) is 0.250. The van der Waals surface area contributed by atoms with Gasteiger partial charge in [-0.1, -0.05) is 29.8 Å². The highest BCUT2D eigenvalue weighted by molar-refractivity contribution is 6.41. The number of nitrogens with zero attached hydrogens (tertiary/aromatic N) is 1. The summed E-state index contributed by atoms with van der Waals surface area (Å²) in [5.41, 5.74) is 0.979. The number of carbonyl (C=O) groups is 1. The topological polar surface area (TPSA) is 29.5 Å². The van der Waals surface area contributed by atoms with Crippen molar-refractivity contribution in [3.05, 3.63) is 41.6 Å². The molecule has 0 aliphatic rings. The Kier molecular flexibility index (Phi) is 4.86. The Morgan fingerprint density at radius 2 is 2.06 bits per heavy atom. The van der Waals surface area contributed by atoms with Gasteiger partial charge >= 0.3 is 5.97 Å². The van der Waals surface area contributed by atoms with Crippen molar-refractivity contribution in [3.63, 3.8) is 0 Å². The standard InChI is InChI=1S/C12H14ClNO2/c1-3-14(9-11(13)12(15)16-2)10-7-5-4-6-8-10/h4-9H,3H2,1-2H3/b11-9-. The average Bonchev–Trinajstić information content (AvgIpc) is 2.35. The molecule has 0 aliphatic heterocycles. The third-order valence-corrected chi connectivity index (χ3v) is 2.33. The maximum atomic E-state index is 11.1. The summed E-state index contributed by atoms with van der Waals surface area (Å²) in [6.07, 6.45) is 1.57. The number of rotatable bonds is 4. The Labute approximate surface area is 100 Å². The molecule has 4 heteroatoms. The first-order chi connectivity index (χ1) is 7.69. The van der Waals surface area contributed by atoms with Gasteiger partial charge < -0.3 is 9.64 Å². The van der Waals surface area contributed by atoms with Crippen LogP contribution in [0.1, 0.15) is 6.92 Å². The number of carbonyl (C=O) groups excluding carboxylic acids is 1. The molecule has 86 valence electrons. The summed E-state index contributed by atoms with van der Waals surface area (Å²) in [6.45, 7) is 2.70. The van der Waals surface area contributed by atoms with Gasteiger partial charge in [0.05, 0.1) is 7.11 Å². The second kappa shape index (κ2) is 6.18. The fourth-order valence-corrected chi connectivity index (χ4v) is 1.45. The second-order valence-corrected chi connectivity index (χ2v) is 3.50. The van der Waals surface area contributed by atoms with E-state index < -0.39 is 5.97 Å². The van der Waals surface area contributed by atoms with Gasteiger partial charge in [-0.25, -0.2) is 4.79 Å². The molecule has 3 nitrogen and oxygen atoms in total. The second-order valence-electron chi connectivity index (χ2n) is 3.09. The maximum Gasteiger partial charge on any atom is 0.350 e. The Hall–Kier alpha value is -1.48. The summed E-state index contributed by atoms with van der Waals surface area (Å²) in [5, 5.41) is 0.0632. The first-order valence-electron chi connectivity index (χ1n) is 4.96. The third-order valence-electron chi connectivity index (χ3n) is 2.08. The molecule has 0 heterocycles. The predicted octanol–water partition coefficient (Wildman–Crippen LogP) is 2.77. The fourth-order valence-electron chi connectivity index (χ4n) is 1.25. The molecule has 0 N–H and O–H groups in total. The molecule has 0 atom stereocenters. The van der Waals surface area contributed by atoms with Crippen LogP contribution in [0.4, 0.5) is 5.69 Å². The largest absolute Gasteiger partial charge is 0.465 e. The minimum atomic E-state index is -0.531. The van der Waals surface area contributed by atoms with Crippen LogP contribution in [-0.4, -0.2) is 19.6 Å². The molecule has 1 rings (SSSR count). The van der Waals surface area contributed by atoms with Gasteiger partial charge in [-0.2, -0.15) is 0 Å². The lowest BCUT2D eigenvalue weighted by atomic mass is 10.3. The molecule has 1 aromatic rings. The van der Waals surface area contributed by atoms with Crippen molar-refractivity contribution >= 4 is 23.3 Å². The van der Waals surface area contributed by atoms with E-state index in [-0.39, 0.29) is 5.03 Å². The predicted molar refractivity (Wildman–Crippen MR) is 65.4 cm³/mol. The highest BCUT2D eigenvalue weighted by Crippen LogP contribution is 2.16. The number of halogens is 1. The lowest BCUT2D eigenvalue weighted by Gasteiger charge is -2.18. The van der Waals surface area contributed by atoms with Crippen LogP contribution < -0.4 is 4.90 Å². The van der Waals surface area contributed by atoms with Gasteiger partial charge in [0.1, 0.15) is 5.03 Å². The van der Waals surface area contributed by atoms with E-state index in [1.165, 1.54) is 7.11 Å². The lowest BCUT2D eigenvalue weighted by molar-refractivity contribution is -0.135. The third kappa shape index (κ3) is 3.28. The van der Waals surface area contributed by atoms with E-state index in [1.807, 2.05) is 42.2 Å². The van der Waals surface area contributed by atoms with Gasteiger partial charge in [-0.3, -0.25) is 0 Å². The summed E-state index contributed by atoms with van der Waals surface area (Å²) >= 11 is 5.80. The normalized spacial score (nSPS) is 11.1. The van der Waals surface area contributed by atoms with Crippen molar-refractivity contribution in [2.24, 2.45) is 0 Å². The number of methoxy groups -OCH3 is 1. The highest BCUT2D eigenvalue weighted by atomic mass is 35.5. The molecule has 0 radical (unpaired) electrons. The van der Waals surface area contributed by atoms with E-state index >= 15 is 0 Å². The van der Waals surface area contributed by atoms with Crippen molar-refractivity contribution in [2.45, 2.75) is 6.92 Å². The minimum absolute atomic E-state index is 0.0632. The van der Waals surface area contributed by atoms with E-state index in [0.29, 0.717) is 0 Å². The Bertz CT molecular complexity index is 376. The van der Waals surface area contributed by atoms with Gasteiger partial charge in [0, 0.05) is 18.4 Å². The van der Waals surface area contributed by atoms with Crippen LogP contribution in [0.2, 0.25) is 0 Å². The minimum Gasteiger partial charge on any atom is -0.465 e. The SMILES string of the molecule is CCN(/C=C(\Cl)C(=O)OC)c1ccccc1. The van der Waals surface area contributed by atoms with Crippen molar-refractivity contribution in [2.75, 3.05) is 18.6 Å². The summed E-state index contributed by atoms with van der Waals surface area (Å²) in [4.78, 5) is 13.0. The summed E-state index contributed by atoms with van der Waals surface area (Å²) in [5.74, 6) is -0.531. The van der Waals surface area contributed by atoms with Crippen LogP contribution in [0.25, 0.3) is 0 Å². The van der Waals surface area contributed by atoms with Crippen LogP contribution in [0.15, 0.2) is 41.6 Å². The van der Waals surface area contributed by atoms with Crippen molar-refractivity contribution in [1.29, 1.82) is 0 Å². The first-order valence-corrected chi connectivity index (χ1v) is 5.34. The zero-order valence-electron chi connectivity index (χ0n) is 9.31. The number of anilines is 1. The van der Waals surface area contributed by atoms with E-state index in [4.69, 9.17) is 11.6 Å². The van der Waals surface area contributed by atoms with E-state index in [9.17, 15) is 4.79 Å². The number of esters is 1. The van der Waals surface area contributed by atoms with E-state index in [1.54, 1.807) is 6.20 Å². The molecule has 0 spiro atoms. The van der Waals surface area contributed by atoms with Gasteiger partial charge in [0.2, 0.25) is 0 Å². The van der Waals surface area contributed by atoms with Crippen LogP contribution in [-0.2, 0) is 9.53 Å². The molecule has 16 heavy (non-hydrogen) atoms. The maximum absolute atomic E-state index is 11.1. The smallest absolute Gasteiger partial charge is 0.350 e. The number of hydrogen-bond acceptors (Lipinski definition) is 3. The van der Waals surface area contributed by atoms with Crippen LogP contribution in [0.3, 0.4) is 0 Å². The molecule has 0 aliphatic carbocycles. The molecule has 0 aromatic heterocycles. The van der Waals surface area contributed by atoms with Crippen molar-refractivity contribution < 1.29 is 9.53 Å². The molecule has 0 saturated heterocycles. The molecule has 0 bridgehead atoms. The number of ether oxygens (including phenoxy) is 1. The Morgan fingerprint density at radius 3 is 2.56 bits per heavy atom. The molecule has 0 fully saturated rings. The van der Waals surface area contributed by atoms with Crippen molar-refractivity contribution in [3.8, 4) is 0 Å². The zero-order valence-corrected chi connectivity index (χ0v) is 10.1. The number of benzene rings is 1. The van der Waals surface area contributed by atoms with E-state index in [0.717, 1.165) is 12.2 Å². The summed E-state index contributed by atoms with van der Waals surface area (Å²) in [7, 11) is 1.30. The first kappa shape index (κ1) is 12.6. The van der Waals surface area contributed by atoms with E-state index in [2.05, 4.69) is 4.74 Å². The number of hydrogen-bond donors (Lipinski definition) is 0. The van der Waals surface area contributed by atoms with Gasteiger partial charge in [0.25, 0.3) is 0 Å². The zero-order chi connectivity index (χ0) is 12.0. The van der Waals surface area contributed by atoms with Crippen LogP contribution in [0.5, 0.6) is 0 Å². The summed E-state index contributed by atoms with van der Waals surface area (Å²) < 4.78 is 4.53. The van der Waals surface area contributed by atoms with Gasteiger partial charge in [-0.05, 0) is 19.1 Å². The van der Waals surface area contributed by atoms with Crippen LogP contribution >= 0.6 is 11.6 Å². The van der Waals surface area contributed by atoms with Crippen molar-refractivity contribution in [1.82, 2.24) is 0 Å². The molecule has 0 saturated carbocycles. The molecular formula is C12H14ClNO2. The molecule has 0 unspecified atom stereocenters.